The predicted octanol–water partition coefficient (Wildman–Crippen LogP) is 5.34. The number of thioether (sulfide) groups is 1. The Labute approximate surface area is 207 Å². The number of rotatable bonds is 7. The van der Waals surface area contributed by atoms with Crippen LogP contribution < -0.4 is 11.1 Å². The molecule has 0 bridgehead atoms. The van der Waals surface area contributed by atoms with Gasteiger partial charge >= 0.3 is 0 Å². The highest BCUT2D eigenvalue weighted by atomic mass is 32.2. The Morgan fingerprint density at radius 3 is 2.54 bits per heavy atom. The van der Waals surface area contributed by atoms with Crippen molar-refractivity contribution in [1.29, 1.82) is 0 Å². The van der Waals surface area contributed by atoms with Crippen LogP contribution in [0.15, 0.2) is 87.7 Å². The number of nitrogens with zero attached hydrogens (tertiary/aromatic N) is 4. The quantitative estimate of drug-likeness (QED) is 0.231. The van der Waals surface area contributed by atoms with Crippen molar-refractivity contribution >= 4 is 28.3 Å². The number of benzene rings is 2. The normalized spacial score (nSPS) is 11.4. The molecule has 0 aliphatic heterocycles. The Kier molecular flexibility index (Phi) is 6.51. The topological polar surface area (TPSA) is 69.3 Å². The minimum Gasteiger partial charge on any atom is -0.269 e. The summed E-state index contributed by atoms with van der Waals surface area (Å²) in [7, 11) is 0. The van der Waals surface area contributed by atoms with Gasteiger partial charge in [-0.25, -0.2) is 9.97 Å². The van der Waals surface area contributed by atoms with Crippen molar-refractivity contribution in [2.45, 2.75) is 44.0 Å². The number of unbranched alkanes of at least 4 members (excludes halogenated alkanes) is 1. The Bertz CT molecular complexity index is 1640. The van der Waals surface area contributed by atoms with Crippen molar-refractivity contribution in [1.82, 2.24) is 18.9 Å². The lowest BCUT2D eigenvalue weighted by Crippen LogP contribution is -2.22. The summed E-state index contributed by atoms with van der Waals surface area (Å²) in [5.41, 5.74) is 4.74. The Hall–Kier alpha value is -3.71. The molecule has 5 aromatic rings. The van der Waals surface area contributed by atoms with Crippen LogP contribution in [0.25, 0.3) is 22.2 Å². The van der Waals surface area contributed by atoms with E-state index in [4.69, 9.17) is 4.98 Å². The lowest BCUT2D eigenvalue weighted by atomic mass is 10.1. The summed E-state index contributed by atoms with van der Waals surface area (Å²) < 4.78 is 3.19. The lowest BCUT2D eigenvalue weighted by molar-refractivity contribution is 0.791. The van der Waals surface area contributed by atoms with E-state index < -0.39 is 0 Å². The first-order chi connectivity index (χ1) is 17.0. The minimum absolute atomic E-state index is 0.110. The fourth-order valence-corrected chi connectivity index (χ4v) is 5.00. The number of hydrogen-bond acceptors (Lipinski definition) is 5. The van der Waals surface area contributed by atoms with Gasteiger partial charge in [-0.2, -0.15) is 0 Å². The second-order valence-electron chi connectivity index (χ2n) is 8.63. The first-order valence-electron chi connectivity index (χ1n) is 11.8. The van der Waals surface area contributed by atoms with E-state index >= 15 is 0 Å². The molecule has 3 heterocycles. The highest BCUT2D eigenvalue weighted by Crippen LogP contribution is 2.24. The molecule has 0 N–H and O–H groups in total. The molecule has 7 heteroatoms. The van der Waals surface area contributed by atoms with Gasteiger partial charge in [-0.05, 0) is 67.3 Å². The first-order valence-corrected chi connectivity index (χ1v) is 12.7. The van der Waals surface area contributed by atoms with Gasteiger partial charge in [0.25, 0.3) is 11.1 Å². The first kappa shape index (κ1) is 23.1. The molecule has 0 radical (unpaired) electrons. The van der Waals surface area contributed by atoms with E-state index in [1.165, 1.54) is 21.7 Å². The van der Waals surface area contributed by atoms with Gasteiger partial charge in [0.1, 0.15) is 5.65 Å². The maximum atomic E-state index is 13.5. The number of aromatic nitrogens is 4. The third kappa shape index (κ3) is 4.77. The van der Waals surface area contributed by atoms with Crippen molar-refractivity contribution < 1.29 is 0 Å². The largest absolute Gasteiger partial charge is 0.269 e. The summed E-state index contributed by atoms with van der Waals surface area (Å²) in [5, 5.41) is 1.14. The van der Waals surface area contributed by atoms with Gasteiger partial charge in [0, 0.05) is 18.0 Å². The van der Waals surface area contributed by atoms with Crippen LogP contribution in [-0.4, -0.2) is 18.9 Å². The standard InChI is InChI=1S/C28H26N4O2S/c1-3-4-7-20-10-12-22(13-11-20)32-27(34)23-8-5-6-9-24(23)30-28(32)35-18-21-17-26(33)31-15-14-19(2)16-25(31)29-21/h5-6,8-17H,3-4,7,18H2,1-2H3. The second-order valence-corrected chi connectivity index (χ2v) is 9.57. The molecule has 6 nitrogen and oxygen atoms in total. The SMILES string of the molecule is CCCCc1ccc(-n2c(SCc3cc(=O)n4ccc(C)cc4n3)nc3ccccc3c2=O)cc1. The highest BCUT2D eigenvalue weighted by Gasteiger charge is 2.14. The zero-order valence-corrected chi connectivity index (χ0v) is 20.6. The minimum atomic E-state index is -0.128. The predicted molar refractivity (Wildman–Crippen MR) is 142 cm³/mol. The number of aryl methyl sites for hydroxylation is 2. The Morgan fingerprint density at radius 2 is 1.74 bits per heavy atom. The molecule has 0 fully saturated rings. The van der Waals surface area contributed by atoms with E-state index in [1.54, 1.807) is 22.9 Å². The molecule has 0 saturated carbocycles. The Balaban J connectivity index is 1.55. The van der Waals surface area contributed by atoms with Gasteiger partial charge in [-0.1, -0.05) is 49.4 Å². The van der Waals surface area contributed by atoms with Crippen molar-refractivity contribution in [3.05, 3.63) is 110 Å². The average Bonchev–Trinajstić information content (AvgIpc) is 2.86. The van der Waals surface area contributed by atoms with E-state index in [0.717, 1.165) is 30.5 Å². The van der Waals surface area contributed by atoms with E-state index in [1.807, 2.05) is 49.4 Å². The van der Waals surface area contributed by atoms with E-state index in [0.29, 0.717) is 33.2 Å². The van der Waals surface area contributed by atoms with E-state index in [-0.39, 0.29) is 11.1 Å². The second kappa shape index (κ2) is 9.88. The summed E-state index contributed by atoms with van der Waals surface area (Å²) in [4.78, 5) is 35.6. The van der Waals surface area contributed by atoms with Gasteiger partial charge in [-0.3, -0.25) is 18.6 Å². The smallest absolute Gasteiger partial charge is 0.266 e. The molecule has 0 amide bonds. The summed E-state index contributed by atoms with van der Waals surface area (Å²) in [6.45, 7) is 4.15. The van der Waals surface area contributed by atoms with E-state index in [2.05, 4.69) is 24.0 Å². The van der Waals surface area contributed by atoms with Crippen LogP contribution in [0.2, 0.25) is 0 Å². The average molecular weight is 483 g/mol. The molecule has 3 aromatic heterocycles. The maximum Gasteiger partial charge on any atom is 0.266 e. The summed E-state index contributed by atoms with van der Waals surface area (Å²) in [6, 6.07) is 20.8. The molecule has 0 aliphatic carbocycles. The molecule has 35 heavy (non-hydrogen) atoms. The van der Waals surface area contributed by atoms with Crippen molar-refractivity contribution in [3.8, 4) is 5.69 Å². The lowest BCUT2D eigenvalue weighted by Gasteiger charge is -2.14. The van der Waals surface area contributed by atoms with Gasteiger partial charge < -0.3 is 0 Å². The van der Waals surface area contributed by atoms with Crippen LogP contribution in [0.1, 0.15) is 36.6 Å². The summed E-state index contributed by atoms with van der Waals surface area (Å²) >= 11 is 1.40. The molecule has 0 unspecified atom stereocenters. The fraction of sp³-hybridized carbons (Fsp3) is 0.214. The van der Waals surface area contributed by atoms with Crippen LogP contribution >= 0.6 is 11.8 Å². The van der Waals surface area contributed by atoms with E-state index in [9.17, 15) is 9.59 Å². The van der Waals surface area contributed by atoms with Crippen molar-refractivity contribution in [2.75, 3.05) is 0 Å². The Morgan fingerprint density at radius 1 is 0.943 bits per heavy atom. The number of fused-ring (bicyclic) bond motifs is 2. The zero-order valence-electron chi connectivity index (χ0n) is 19.8. The summed E-state index contributed by atoms with van der Waals surface area (Å²) in [5.74, 6) is 0.416. The molecular formula is C28H26N4O2S. The zero-order chi connectivity index (χ0) is 24.4. The van der Waals surface area contributed by atoms with Crippen molar-refractivity contribution in [2.24, 2.45) is 0 Å². The maximum absolute atomic E-state index is 13.5. The third-order valence-corrected chi connectivity index (χ3v) is 6.96. The highest BCUT2D eigenvalue weighted by molar-refractivity contribution is 7.98. The monoisotopic (exact) mass is 482 g/mol. The van der Waals surface area contributed by atoms with Crippen LogP contribution in [-0.2, 0) is 12.2 Å². The molecule has 176 valence electrons. The fourth-order valence-electron chi connectivity index (χ4n) is 4.10. The van der Waals surface area contributed by atoms with Gasteiger partial charge in [0.05, 0.1) is 22.3 Å². The van der Waals surface area contributed by atoms with Crippen LogP contribution in [0.3, 0.4) is 0 Å². The number of para-hydroxylation sites is 1. The van der Waals surface area contributed by atoms with Crippen LogP contribution in [0.4, 0.5) is 0 Å². The van der Waals surface area contributed by atoms with Crippen molar-refractivity contribution in [3.63, 3.8) is 0 Å². The molecule has 5 rings (SSSR count). The number of hydrogen-bond donors (Lipinski definition) is 0. The molecule has 0 aliphatic rings. The van der Waals surface area contributed by atoms with Crippen LogP contribution in [0.5, 0.6) is 0 Å². The molecule has 0 saturated heterocycles. The van der Waals surface area contributed by atoms with Gasteiger partial charge in [0.2, 0.25) is 0 Å². The molecular weight excluding hydrogens is 456 g/mol. The molecule has 0 atom stereocenters. The van der Waals surface area contributed by atoms with Crippen LogP contribution in [0, 0.1) is 6.92 Å². The summed E-state index contributed by atoms with van der Waals surface area (Å²) in [6.07, 6.45) is 5.04. The third-order valence-electron chi connectivity index (χ3n) is 5.98. The van der Waals surface area contributed by atoms with Gasteiger partial charge in [0.15, 0.2) is 5.16 Å². The molecule has 0 spiro atoms. The van der Waals surface area contributed by atoms with Gasteiger partial charge in [-0.15, -0.1) is 0 Å². The molecule has 2 aromatic carbocycles. The number of pyridine rings is 1.